The van der Waals surface area contributed by atoms with Gasteiger partial charge >= 0.3 is 51.5 Å². The van der Waals surface area contributed by atoms with Gasteiger partial charge in [0, 0.05) is 0 Å². The molecular formula is CrCuFeO+5. The summed E-state index contributed by atoms with van der Waals surface area (Å²) < 4.78 is 0. The largest absolute Gasteiger partial charge is 3.00 e. The fraction of sp³-hybridized carbons (Fsp3) is 0. The van der Waals surface area contributed by atoms with Gasteiger partial charge in [0.15, 0.2) is 0 Å². The summed E-state index contributed by atoms with van der Waals surface area (Å²) in [6, 6.07) is 0. The second-order valence-corrected chi connectivity index (χ2v) is 0. The number of hydrogen-bond donors (Lipinski definition) is 0. The molecular weight excluding hydrogens is 187 g/mol. The Morgan fingerprint density at radius 2 is 1.00 bits per heavy atom. The quantitative estimate of drug-likeness (QED) is 0.473. The predicted molar refractivity (Wildman–Crippen MR) is 0.686 cm³/mol. The third-order valence-corrected chi connectivity index (χ3v) is 0. The van der Waals surface area contributed by atoms with Gasteiger partial charge in [-0.2, -0.15) is 0 Å². The first-order chi connectivity index (χ1) is 0. The molecule has 1 nitrogen and oxygen atoms in total. The molecule has 0 unspecified atom stereocenters. The van der Waals surface area contributed by atoms with Gasteiger partial charge in [-0.3, -0.25) is 0 Å². The zero-order chi connectivity index (χ0) is 0. The van der Waals surface area contributed by atoms with Crippen molar-refractivity contribution in [2.75, 3.05) is 0 Å². The fourth-order valence-electron chi connectivity index (χ4n) is 0. The van der Waals surface area contributed by atoms with E-state index in [-0.39, 0.29) is 57.0 Å². The van der Waals surface area contributed by atoms with Crippen LogP contribution in [0.3, 0.4) is 0 Å². The molecule has 0 spiro atoms. The van der Waals surface area contributed by atoms with E-state index in [1.54, 1.807) is 0 Å². The summed E-state index contributed by atoms with van der Waals surface area (Å²) in [6.07, 6.45) is 0. The zero-order valence-electron chi connectivity index (χ0n) is 1.47. The Hall–Kier alpha value is 1.53. The molecule has 0 aliphatic rings. The maximum atomic E-state index is 0. The smallest absolute Gasteiger partial charge is 2.00 e. The zero-order valence-corrected chi connectivity index (χ0v) is 4.79. The van der Waals surface area contributed by atoms with Gasteiger partial charge in [0.1, 0.15) is 0 Å². The van der Waals surface area contributed by atoms with Crippen LogP contribution < -0.4 is 0 Å². The van der Waals surface area contributed by atoms with Crippen LogP contribution in [-0.4, -0.2) is 0 Å². The maximum absolute atomic E-state index is 0. The average Bonchev–Trinajstić information content (AvgIpc) is 0. The molecule has 0 amide bonds. The molecule has 0 rings (SSSR count). The molecule has 4 heteroatoms. The summed E-state index contributed by atoms with van der Waals surface area (Å²) in [6.45, 7) is 0. The van der Waals surface area contributed by atoms with Crippen LogP contribution >= 0.6 is 0 Å². The Morgan fingerprint density at radius 3 is 1.00 bits per heavy atom. The van der Waals surface area contributed by atoms with Gasteiger partial charge in [-0.1, -0.05) is 0 Å². The van der Waals surface area contributed by atoms with Crippen LogP contribution in [0.2, 0.25) is 0 Å². The van der Waals surface area contributed by atoms with E-state index in [9.17, 15) is 0 Å². The van der Waals surface area contributed by atoms with Crippen molar-refractivity contribution < 1.29 is 57.0 Å². The minimum absolute atomic E-state index is 0. The minimum Gasteiger partial charge on any atom is -2.00 e. The molecule has 0 atom stereocenters. The first-order valence-corrected chi connectivity index (χ1v) is 0. The Balaban J connectivity index is 0. The molecule has 0 aromatic heterocycles. The third-order valence-electron chi connectivity index (χ3n) is 0. The monoisotopic (exact) mass is 187 g/mol. The van der Waals surface area contributed by atoms with Gasteiger partial charge in [0.25, 0.3) is 0 Å². The number of hydrogen-bond acceptors (Lipinski definition) is 0. The van der Waals surface area contributed by atoms with Gasteiger partial charge in [0.2, 0.25) is 0 Å². The van der Waals surface area contributed by atoms with Crippen molar-refractivity contribution in [3.63, 3.8) is 0 Å². The topological polar surface area (TPSA) is 28.5 Å². The summed E-state index contributed by atoms with van der Waals surface area (Å²) in [7, 11) is 0. The van der Waals surface area contributed by atoms with Crippen molar-refractivity contribution in [3.8, 4) is 0 Å². The van der Waals surface area contributed by atoms with E-state index in [1.807, 2.05) is 0 Å². The summed E-state index contributed by atoms with van der Waals surface area (Å²) in [4.78, 5) is 0. The van der Waals surface area contributed by atoms with E-state index in [0.29, 0.717) is 0 Å². The molecule has 0 N–H and O–H groups in total. The van der Waals surface area contributed by atoms with Gasteiger partial charge in [-0.25, -0.2) is 0 Å². The van der Waals surface area contributed by atoms with Gasteiger partial charge < -0.3 is 5.48 Å². The minimum atomic E-state index is 0. The fourth-order valence-corrected chi connectivity index (χ4v) is 0. The summed E-state index contributed by atoms with van der Waals surface area (Å²) in [5, 5.41) is 0. The van der Waals surface area contributed by atoms with Gasteiger partial charge in [-0.15, -0.1) is 0 Å². The molecule has 0 saturated carbocycles. The van der Waals surface area contributed by atoms with Crippen molar-refractivity contribution in [2.24, 2.45) is 0 Å². The Labute approximate surface area is 56.9 Å². The van der Waals surface area contributed by atoms with E-state index in [1.165, 1.54) is 0 Å². The summed E-state index contributed by atoms with van der Waals surface area (Å²) >= 11 is 0. The van der Waals surface area contributed by atoms with Crippen molar-refractivity contribution in [1.29, 1.82) is 0 Å². The van der Waals surface area contributed by atoms with E-state index >= 15 is 0 Å². The maximum Gasteiger partial charge on any atom is 3.00 e. The standard InChI is InChI=1S/Cr.Cu.Fe.O/q+3;2*+2;-2. The SMILES string of the molecule is [Cr+3].[Cu+2].[Fe+2].[O-2]. The molecule has 4 heavy (non-hydrogen) atoms. The predicted octanol–water partition coefficient (Wildman–Crippen LogP) is -0.126. The van der Waals surface area contributed by atoms with Crippen LogP contribution in [0.15, 0.2) is 0 Å². The van der Waals surface area contributed by atoms with E-state index in [2.05, 4.69) is 0 Å². The second kappa shape index (κ2) is 24.1. The molecule has 2 radical (unpaired) electrons. The van der Waals surface area contributed by atoms with Crippen LogP contribution in [0.25, 0.3) is 0 Å². The van der Waals surface area contributed by atoms with Crippen molar-refractivity contribution in [3.05, 3.63) is 0 Å². The van der Waals surface area contributed by atoms with Crippen LogP contribution in [0, 0.1) is 0 Å². The molecule has 0 fully saturated rings. The molecule has 26 valence electrons. The van der Waals surface area contributed by atoms with Crippen LogP contribution in [0.4, 0.5) is 0 Å². The first-order valence-electron chi connectivity index (χ1n) is 0. The molecule has 0 aromatic carbocycles. The number of rotatable bonds is 0. The molecule has 0 aliphatic carbocycles. The van der Waals surface area contributed by atoms with Gasteiger partial charge in [-0.05, 0) is 0 Å². The normalized spacial score (nSPS) is 0. The molecule has 0 saturated heterocycles. The van der Waals surface area contributed by atoms with Crippen LogP contribution in [-0.2, 0) is 57.0 Å². The molecule has 0 aliphatic heterocycles. The Kier molecular flexibility index (Phi) is 292. The van der Waals surface area contributed by atoms with Crippen molar-refractivity contribution in [1.82, 2.24) is 0 Å². The summed E-state index contributed by atoms with van der Waals surface area (Å²) in [5.41, 5.74) is 0. The molecule has 0 aromatic rings. The van der Waals surface area contributed by atoms with E-state index in [4.69, 9.17) is 0 Å². The van der Waals surface area contributed by atoms with E-state index in [0.717, 1.165) is 0 Å². The summed E-state index contributed by atoms with van der Waals surface area (Å²) in [5.74, 6) is 0. The Morgan fingerprint density at radius 1 is 1.00 bits per heavy atom. The van der Waals surface area contributed by atoms with Crippen LogP contribution in [0.5, 0.6) is 0 Å². The van der Waals surface area contributed by atoms with Gasteiger partial charge in [0.05, 0.1) is 0 Å². The van der Waals surface area contributed by atoms with E-state index < -0.39 is 0 Å². The second-order valence-electron chi connectivity index (χ2n) is 0. The molecule has 0 bridgehead atoms. The average molecular weight is 187 g/mol. The van der Waals surface area contributed by atoms with Crippen LogP contribution in [0.1, 0.15) is 0 Å². The van der Waals surface area contributed by atoms with Crippen molar-refractivity contribution in [2.45, 2.75) is 0 Å². The first kappa shape index (κ1) is 48.4. The molecule has 0 heterocycles. The third kappa shape index (κ3) is 9.65. The Bertz CT molecular complexity index is 8.00. The van der Waals surface area contributed by atoms with Crippen molar-refractivity contribution >= 4 is 0 Å².